The third kappa shape index (κ3) is 10.0. The molecule has 1 atom stereocenters. The first kappa shape index (κ1) is 30.6. The van der Waals surface area contributed by atoms with Gasteiger partial charge in [0.2, 0.25) is 0 Å². The van der Waals surface area contributed by atoms with E-state index in [9.17, 15) is 14.4 Å². The minimum atomic E-state index is -0.792. The molecule has 0 aliphatic carbocycles. The van der Waals surface area contributed by atoms with Crippen LogP contribution in [0.4, 0.5) is 0 Å². The van der Waals surface area contributed by atoms with Gasteiger partial charge in [-0.1, -0.05) is 32.0 Å². The highest BCUT2D eigenvalue weighted by Crippen LogP contribution is 2.36. The lowest BCUT2D eigenvalue weighted by atomic mass is 10.0. The van der Waals surface area contributed by atoms with E-state index in [1.165, 1.54) is 13.3 Å². The van der Waals surface area contributed by atoms with E-state index in [0.717, 1.165) is 5.56 Å². The lowest BCUT2D eigenvalue weighted by Gasteiger charge is -2.19. The van der Waals surface area contributed by atoms with E-state index >= 15 is 0 Å². The van der Waals surface area contributed by atoms with Crippen LogP contribution in [0.1, 0.15) is 38.3 Å². The van der Waals surface area contributed by atoms with Crippen molar-refractivity contribution < 1.29 is 33.3 Å². The molecule has 0 radical (unpaired) electrons. The molecule has 2 aromatic carbocycles. The molecule has 0 bridgehead atoms. The number of methoxy groups -OCH3 is 1. The van der Waals surface area contributed by atoms with Gasteiger partial charge in [-0.3, -0.25) is 9.59 Å². The fourth-order valence-electron chi connectivity index (χ4n) is 3.30. The summed E-state index contributed by atoms with van der Waals surface area (Å²) in [6, 6.07) is 9.94. The Kier molecular flexibility index (Phi) is 12.6. The summed E-state index contributed by atoms with van der Waals surface area (Å²) in [5.74, 6) is 0.0823. The van der Waals surface area contributed by atoms with Crippen molar-refractivity contribution in [3.05, 3.63) is 52.0 Å². The number of rotatable bonds is 14. The highest BCUT2D eigenvalue weighted by atomic mass is 79.9. The van der Waals surface area contributed by atoms with Crippen molar-refractivity contribution in [3.8, 4) is 17.2 Å². The minimum Gasteiger partial charge on any atom is -0.490 e. The van der Waals surface area contributed by atoms with Gasteiger partial charge in [0.1, 0.15) is 11.8 Å². The molecule has 0 unspecified atom stereocenters. The first-order chi connectivity index (χ1) is 18.1. The van der Waals surface area contributed by atoms with Gasteiger partial charge in [0.15, 0.2) is 24.7 Å². The quantitative estimate of drug-likeness (QED) is 0.195. The van der Waals surface area contributed by atoms with Gasteiger partial charge in [-0.05, 0) is 71.4 Å². The summed E-state index contributed by atoms with van der Waals surface area (Å²) in [4.78, 5) is 36.8. The van der Waals surface area contributed by atoms with Crippen LogP contribution >= 0.6 is 15.9 Å². The molecule has 2 N–H and O–H groups in total. The van der Waals surface area contributed by atoms with Crippen LogP contribution in [-0.2, 0) is 19.1 Å². The molecule has 2 rings (SSSR count). The third-order valence-electron chi connectivity index (χ3n) is 5.09. The number of nitrogens with one attached hydrogen (secondary N) is 2. The average molecular weight is 592 g/mol. The van der Waals surface area contributed by atoms with Crippen molar-refractivity contribution in [2.24, 2.45) is 11.0 Å². The topological polar surface area (TPSA) is 125 Å². The first-order valence-electron chi connectivity index (χ1n) is 12.1. The highest BCUT2D eigenvalue weighted by Gasteiger charge is 2.22. The zero-order valence-electron chi connectivity index (χ0n) is 22.2. The SMILES string of the molecule is CCOc1cc(/C=N\NC(=O)[C@@H](CC(C)C)NC(=O)COc2ccccc2C)cc(Br)c1OCC(=O)OC. The predicted octanol–water partition coefficient (Wildman–Crippen LogP) is 3.77. The Labute approximate surface area is 231 Å². The van der Waals surface area contributed by atoms with Crippen LogP contribution in [0.5, 0.6) is 17.2 Å². The molecule has 0 saturated heterocycles. The lowest BCUT2D eigenvalue weighted by molar-refractivity contribution is -0.143. The van der Waals surface area contributed by atoms with E-state index in [0.29, 0.717) is 40.3 Å². The number of hydrazone groups is 1. The molecule has 11 heteroatoms. The second-order valence-corrected chi connectivity index (χ2v) is 9.52. The molecule has 0 aliphatic rings. The number of aryl methyl sites for hydroxylation is 1. The van der Waals surface area contributed by atoms with Gasteiger partial charge < -0.3 is 24.3 Å². The number of amides is 2. The number of halogens is 1. The Morgan fingerprint density at radius 2 is 1.79 bits per heavy atom. The van der Waals surface area contributed by atoms with Crippen LogP contribution in [-0.4, -0.2) is 57.0 Å². The molecule has 2 amide bonds. The van der Waals surface area contributed by atoms with Crippen LogP contribution in [0.25, 0.3) is 0 Å². The van der Waals surface area contributed by atoms with E-state index in [-0.39, 0.29) is 19.1 Å². The monoisotopic (exact) mass is 591 g/mol. The lowest BCUT2D eigenvalue weighted by Crippen LogP contribution is -2.47. The Morgan fingerprint density at radius 3 is 2.45 bits per heavy atom. The Hall–Kier alpha value is -3.60. The smallest absolute Gasteiger partial charge is 0.343 e. The largest absolute Gasteiger partial charge is 0.490 e. The molecule has 0 fully saturated rings. The average Bonchev–Trinajstić information content (AvgIpc) is 2.87. The van der Waals surface area contributed by atoms with Gasteiger partial charge >= 0.3 is 5.97 Å². The van der Waals surface area contributed by atoms with Gasteiger partial charge in [0, 0.05) is 0 Å². The number of para-hydroxylation sites is 1. The molecule has 206 valence electrons. The number of carbonyl (C=O) groups excluding carboxylic acids is 3. The number of ether oxygens (including phenoxy) is 4. The molecule has 0 heterocycles. The van der Waals surface area contributed by atoms with Crippen LogP contribution in [0, 0.1) is 12.8 Å². The Bertz CT molecular complexity index is 1140. The maximum atomic E-state index is 12.8. The van der Waals surface area contributed by atoms with E-state index in [2.05, 4.69) is 36.5 Å². The summed E-state index contributed by atoms with van der Waals surface area (Å²) in [5.41, 5.74) is 3.99. The molecule has 38 heavy (non-hydrogen) atoms. The number of esters is 1. The Balaban J connectivity index is 2.04. The van der Waals surface area contributed by atoms with E-state index in [4.69, 9.17) is 14.2 Å². The van der Waals surface area contributed by atoms with Crippen molar-refractivity contribution >= 4 is 39.9 Å². The molecule has 0 saturated carbocycles. The summed E-state index contributed by atoms with van der Waals surface area (Å²) >= 11 is 3.41. The van der Waals surface area contributed by atoms with Crippen molar-refractivity contribution in [2.75, 3.05) is 26.9 Å². The maximum absolute atomic E-state index is 12.8. The summed E-state index contributed by atoms with van der Waals surface area (Å²) < 4.78 is 21.9. The zero-order chi connectivity index (χ0) is 28.1. The van der Waals surface area contributed by atoms with Crippen LogP contribution in [0.2, 0.25) is 0 Å². The predicted molar refractivity (Wildman–Crippen MR) is 147 cm³/mol. The molecule has 10 nitrogen and oxygen atoms in total. The van der Waals surface area contributed by atoms with E-state index in [1.54, 1.807) is 18.2 Å². The van der Waals surface area contributed by atoms with Gasteiger partial charge in [0.05, 0.1) is 24.4 Å². The summed E-state index contributed by atoms with van der Waals surface area (Å²) in [5, 5.41) is 6.77. The summed E-state index contributed by atoms with van der Waals surface area (Å²) in [6.07, 6.45) is 1.86. The van der Waals surface area contributed by atoms with Crippen molar-refractivity contribution in [1.29, 1.82) is 0 Å². The van der Waals surface area contributed by atoms with Crippen molar-refractivity contribution in [1.82, 2.24) is 10.7 Å². The van der Waals surface area contributed by atoms with Gasteiger partial charge in [-0.15, -0.1) is 0 Å². The second kappa shape index (κ2) is 15.6. The van der Waals surface area contributed by atoms with Crippen LogP contribution in [0.3, 0.4) is 0 Å². The number of benzene rings is 2. The van der Waals surface area contributed by atoms with Gasteiger partial charge in [-0.2, -0.15) is 5.10 Å². The second-order valence-electron chi connectivity index (χ2n) is 8.67. The fourth-order valence-corrected chi connectivity index (χ4v) is 3.88. The number of nitrogens with zero attached hydrogens (tertiary/aromatic N) is 1. The third-order valence-corrected chi connectivity index (χ3v) is 5.68. The number of carbonyl (C=O) groups is 3. The van der Waals surface area contributed by atoms with E-state index in [1.807, 2.05) is 45.9 Å². The summed E-state index contributed by atoms with van der Waals surface area (Å²) in [6.45, 7) is 7.48. The molecular formula is C27H34BrN3O7. The van der Waals surface area contributed by atoms with E-state index < -0.39 is 23.8 Å². The molecule has 0 spiro atoms. The standard InChI is InChI=1S/C27H34BrN3O7/c1-6-36-23-13-19(12-20(28)26(23)38-16-25(33)35-5)14-29-31-27(34)21(11-17(2)3)30-24(32)15-37-22-10-8-7-9-18(22)4/h7-10,12-14,17,21H,6,11,15-16H2,1-5H3,(H,30,32)(H,31,34)/b29-14-/t21-/m1/s1. The Morgan fingerprint density at radius 1 is 1.05 bits per heavy atom. The van der Waals surface area contributed by atoms with Gasteiger partial charge in [-0.25, -0.2) is 10.2 Å². The van der Waals surface area contributed by atoms with Crippen molar-refractivity contribution in [3.63, 3.8) is 0 Å². The van der Waals surface area contributed by atoms with Crippen molar-refractivity contribution in [2.45, 2.75) is 40.2 Å². The molecule has 0 aromatic heterocycles. The van der Waals surface area contributed by atoms with Gasteiger partial charge in [0.25, 0.3) is 11.8 Å². The zero-order valence-corrected chi connectivity index (χ0v) is 23.8. The number of hydrogen-bond donors (Lipinski definition) is 2. The highest BCUT2D eigenvalue weighted by molar-refractivity contribution is 9.10. The maximum Gasteiger partial charge on any atom is 0.343 e. The summed E-state index contributed by atoms with van der Waals surface area (Å²) in [7, 11) is 1.27. The van der Waals surface area contributed by atoms with Crippen LogP contribution in [0.15, 0.2) is 46.0 Å². The molecule has 2 aromatic rings. The fraction of sp³-hybridized carbons (Fsp3) is 0.407. The first-order valence-corrected chi connectivity index (χ1v) is 12.9. The number of hydrogen-bond acceptors (Lipinski definition) is 8. The molecule has 0 aliphatic heterocycles. The minimum absolute atomic E-state index is 0.148. The van der Waals surface area contributed by atoms with Crippen LogP contribution < -0.4 is 25.0 Å². The normalized spacial score (nSPS) is 11.7. The molecular weight excluding hydrogens is 558 g/mol.